The van der Waals surface area contributed by atoms with Gasteiger partial charge in [0.05, 0.1) is 40.3 Å². The standard InChI is InChI=1S/C26H17F3N4O4/c1-15-20(22-9-10-31-33(22)18-7-5-16(14-30)6-8-18)12-21(23(34)13-24(35)36)25(37)32(15)19-4-2-3-17(11-19)26(27,28)29/h2-12H,13H2,1H3,(H,35,36). The Bertz CT molecular complexity index is 1630. The zero-order valence-electron chi connectivity index (χ0n) is 19.2. The Hall–Kier alpha value is -4.98. The summed E-state index contributed by atoms with van der Waals surface area (Å²) >= 11 is 0. The lowest BCUT2D eigenvalue weighted by Gasteiger charge is -2.18. The maximum atomic E-state index is 13.4. The van der Waals surface area contributed by atoms with Crippen molar-refractivity contribution >= 4 is 11.8 Å². The molecule has 4 aromatic rings. The molecule has 0 aliphatic heterocycles. The number of aromatic nitrogens is 3. The van der Waals surface area contributed by atoms with Gasteiger partial charge in [-0.3, -0.25) is 19.0 Å². The molecule has 0 radical (unpaired) electrons. The van der Waals surface area contributed by atoms with Crippen molar-refractivity contribution in [2.75, 3.05) is 0 Å². The average molecular weight is 506 g/mol. The van der Waals surface area contributed by atoms with Gasteiger partial charge in [-0.2, -0.15) is 23.5 Å². The fourth-order valence-corrected chi connectivity index (χ4v) is 3.92. The Labute approximate surface area is 207 Å². The number of hydrogen-bond donors (Lipinski definition) is 1. The van der Waals surface area contributed by atoms with Gasteiger partial charge in [0.2, 0.25) is 0 Å². The largest absolute Gasteiger partial charge is 0.481 e. The minimum absolute atomic E-state index is 0.145. The van der Waals surface area contributed by atoms with Crippen molar-refractivity contribution in [3.63, 3.8) is 0 Å². The molecule has 0 spiro atoms. The van der Waals surface area contributed by atoms with Crippen molar-refractivity contribution in [2.24, 2.45) is 0 Å². The lowest BCUT2D eigenvalue weighted by atomic mass is 10.0. The number of pyridine rings is 1. The lowest BCUT2D eigenvalue weighted by Crippen LogP contribution is -2.28. The van der Waals surface area contributed by atoms with E-state index >= 15 is 0 Å². The molecular formula is C26H17F3N4O4. The van der Waals surface area contributed by atoms with Gasteiger partial charge < -0.3 is 5.11 Å². The summed E-state index contributed by atoms with van der Waals surface area (Å²) in [5.74, 6) is -2.45. The number of halogens is 3. The van der Waals surface area contributed by atoms with Crippen LogP contribution in [0.2, 0.25) is 0 Å². The Kier molecular flexibility index (Phi) is 6.50. The highest BCUT2D eigenvalue weighted by Gasteiger charge is 2.31. The van der Waals surface area contributed by atoms with Gasteiger partial charge in [0, 0.05) is 16.9 Å². The second-order valence-corrected chi connectivity index (χ2v) is 8.03. The summed E-state index contributed by atoms with van der Waals surface area (Å²) in [6.07, 6.45) is -4.21. The number of rotatable bonds is 6. The Morgan fingerprint density at radius 1 is 1.05 bits per heavy atom. The van der Waals surface area contributed by atoms with Crippen LogP contribution in [0.1, 0.15) is 33.6 Å². The third-order valence-electron chi connectivity index (χ3n) is 5.65. The normalized spacial score (nSPS) is 11.2. The summed E-state index contributed by atoms with van der Waals surface area (Å²) < 4.78 is 42.6. The fourth-order valence-electron chi connectivity index (χ4n) is 3.92. The molecule has 2 heterocycles. The molecule has 0 atom stereocenters. The number of ketones is 1. The molecule has 2 aromatic heterocycles. The van der Waals surface area contributed by atoms with Crippen LogP contribution >= 0.6 is 0 Å². The molecule has 2 aromatic carbocycles. The number of aliphatic carboxylic acids is 1. The van der Waals surface area contributed by atoms with Gasteiger partial charge in [0.15, 0.2) is 5.78 Å². The average Bonchev–Trinajstić information content (AvgIpc) is 3.33. The fraction of sp³-hybridized carbons (Fsp3) is 0.115. The van der Waals surface area contributed by atoms with E-state index in [4.69, 9.17) is 10.4 Å². The predicted octanol–water partition coefficient (Wildman–Crippen LogP) is 4.55. The summed E-state index contributed by atoms with van der Waals surface area (Å²) in [7, 11) is 0. The Morgan fingerprint density at radius 2 is 1.76 bits per heavy atom. The third-order valence-corrected chi connectivity index (χ3v) is 5.65. The molecule has 11 heteroatoms. The van der Waals surface area contributed by atoms with E-state index < -0.39 is 41.0 Å². The number of carboxylic acids is 1. The van der Waals surface area contributed by atoms with Gasteiger partial charge in [-0.15, -0.1) is 0 Å². The number of carbonyl (C=O) groups is 2. The van der Waals surface area contributed by atoms with E-state index in [9.17, 15) is 27.6 Å². The summed E-state index contributed by atoms with van der Waals surface area (Å²) in [5, 5.41) is 22.4. The molecule has 4 rings (SSSR count). The van der Waals surface area contributed by atoms with E-state index in [-0.39, 0.29) is 16.9 Å². The first-order valence-electron chi connectivity index (χ1n) is 10.8. The second-order valence-electron chi connectivity index (χ2n) is 8.03. The van der Waals surface area contributed by atoms with Crippen molar-refractivity contribution in [1.29, 1.82) is 5.26 Å². The van der Waals surface area contributed by atoms with Crippen molar-refractivity contribution in [3.8, 4) is 28.7 Å². The number of nitriles is 1. The molecule has 0 bridgehead atoms. The summed E-state index contributed by atoms with van der Waals surface area (Å²) in [6, 6.07) is 15.3. The number of hydrogen-bond acceptors (Lipinski definition) is 5. The van der Waals surface area contributed by atoms with Gasteiger partial charge in [-0.25, -0.2) is 4.68 Å². The predicted molar refractivity (Wildman–Crippen MR) is 126 cm³/mol. The van der Waals surface area contributed by atoms with E-state index in [1.54, 1.807) is 30.3 Å². The van der Waals surface area contributed by atoms with Crippen molar-refractivity contribution in [3.05, 3.63) is 99.6 Å². The summed E-state index contributed by atoms with van der Waals surface area (Å²) in [5.41, 5.74) is -0.784. The van der Waals surface area contributed by atoms with Crippen LogP contribution in [0.5, 0.6) is 0 Å². The molecule has 1 N–H and O–H groups in total. The number of carboxylic acid groups (broad SMARTS) is 1. The molecular weight excluding hydrogens is 489 g/mol. The maximum Gasteiger partial charge on any atom is 0.416 e. The van der Waals surface area contributed by atoms with E-state index in [1.807, 2.05) is 6.07 Å². The second kappa shape index (κ2) is 9.58. The van der Waals surface area contributed by atoms with E-state index in [0.717, 1.165) is 22.8 Å². The molecule has 0 fully saturated rings. The molecule has 0 saturated carbocycles. The van der Waals surface area contributed by atoms with E-state index in [2.05, 4.69) is 5.10 Å². The topological polar surface area (TPSA) is 118 Å². The molecule has 0 aliphatic carbocycles. The number of nitrogens with zero attached hydrogens (tertiary/aromatic N) is 4. The lowest BCUT2D eigenvalue weighted by molar-refractivity contribution is -0.138. The Morgan fingerprint density at radius 3 is 2.38 bits per heavy atom. The van der Waals surface area contributed by atoms with Crippen LogP contribution in [-0.2, 0) is 11.0 Å². The van der Waals surface area contributed by atoms with Gasteiger partial charge in [-0.1, -0.05) is 6.07 Å². The Balaban J connectivity index is 2.00. The smallest absolute Gasteiger partial charge is 0.416 e. The molecule has 0 amide bonds. The van der Waals surface area contributed by atoms with Crippen molar-refractivity contribution in [1.82, 2.24) is 14.3 Å². The van der Waals surface area contributed by atoms with Crippen LogP contribution in [0, 0.1) is 18.3 Å². The summed E-state index contributed by atoms with van der Waals surface area (Å²) in [4.78, 5) is 37.2. The van der Waals surface area contributed by atoms with Gasteiger partial charge in [-0.05, 0) is 61.5 Å². The molecule has 0 aliphatic rings. The minimum atomic E-state index is -4.68. The van der Waals surface area contributed by atoms with Crippen LogP contribution in [-0.4, -0.2) is 31.2 Å². The molecule has 0 saturated heterocycles. The third kappa shape index (κ3) is 4.90. The van der Waals surface area contributed by atoms with Gasteiger partial charge in [0.1, 0.15) is 6.42 Å². The highest BCUT2D eigenvalue weighted by Crippen LogP contribution is 2.32. The molecule has 0 unspecified atom stereocenters. The van der Waals surface area contributed by atoms with Crippen LogP contribution in [0.25, 0.3) is 22.6 Å². The van der Waals surface area contributed by atoms with Gasteiger partial charge >= 0.3 is 12.1 Å². The van der Waals surface area contributed by atoms with Crippen LogP contribution in [0.3, 0.4) is 0 Å². The van der Waals surface area contributed by atoms with Crippen molar-refractivity contribution in [2.45, 2.75) is 19.5 Å². The highest BCUT2D eigenvalue weighted by atomic mass is 19.4. The molecule has 186 valence electrons. The molecule has 8 nitrogen and oxygen atoms in total. The summed E-state index contributed by atoms with van der Waals surface area (Å²) in [6.45, 7) is 1.50. The van der Waals surface area contributed by atoms with Crippen LogP contribution < -0.4 is 5.56 Å². The SMILES string of the molecule is Cc1c(-c2ccnn2-c2ccc(C#N)cc2)cc(C(=O)CC(=O)O)c(=O)n1-c1cccc(C(F)(F)F)c1. The van der Waals surface area contributed by atoms with Crippen LogP contribution in [0.4, 0.5) is 13.2 Å². The number of Topliss-reactive ketones (excluding diaryl/α,β-unsaturated/α-hetero) is 1. The monoisotopic (exact) mass is 506 g/mol. The van der Waals surface area contributed by atoms with Crippen LogP contribution in [0.15, 0.2) is 71.7 Å². The quantitative estimate of drug-likeness (QED) is 0.303. The zero-order chi connectivity index (χ0) is 26.9. The first kappa shape index (κ1) is 25.1. The van der Waals surface area contributed by atoms with Gasteiger partial charge in [0.25, 0.3) is 5.56 Å². The van der Waals surface area contributed by atoms with E-state index in [1.165, 1.54) is 29.9 Å². The van der Waals surface area contributed by atoms with E-state index in [0.29, 0.717) is 16.9 Å². The zero-order valence-corrected chi connectivity index (χ0v) is 19.2. The maximum absolute atomic E-state index is 13.4. The number of carbonyl (C=O) groups excluding carboxylic acids is 1. The first-order chi connectivity index (χ1) is 17.5. The minimum Gasteiger partial charge on any atom is -0.481 e. The number of benzene rings is 2. The number of alkyl halides is 3. The molecule has 37 heavy (non-hydrogen) atoms. The first-order valence-corrected chi connectivity index (χ1v) is 10.8. The highest BCUT2D eigenvalue weighted by molar-refractivity contribution is 6.06. The van der Waals surface area contributed by atoms with Crippen molar-refractivity contribution < 1.29 is 27.9 Å².